The van der Waals surface area contributed by atoms with Gasteiger partial charge in [-0.1, -0.05) is 6.07 Å². The van der Waals surface area contributed by atoms with Crippen molar-refractivity contribution < 1.29 is 0 Å². The number of rotatable bonds is 4. The van der Waals surface area contributed by atoms with Crippen molar-refractivity contribution in [2.24, 2.45) is 4.99 Å². The van der Waals surface area contributed by atoms with Crippen molar-refractivity contribution in [3.8, 4) is 0 Å². The predicted octanol–water partition coefficient (Wildman–Crippen LogP) is 1.88. The zero-order valence-corrected chi connectivity index (χ0v) is 14.6. The molecular weight excluding hydrogens is 302 g/mol. The average molecular weight is 327 g/mol. The van der Waals surface area contributed by atoms with Crippen molar-refractivity contribution in [3.05, 3.63) is 41.2 Å². The zero-order valence-electron chi connectivity index (χ0n) is 14.6. The fourth-order valence-corrected chi connectivity index (χ4v) is 2.93. The molecule has 0 radical (unpaired) electrons. The SMILES string of the molecule is CCNC(=NCc1ncccc1C)NC1CCCn2nc(C)nc21. The monoisotopic (exact) mass is 327 g/mol. The molecule has 0 amide bonds. The van der Waals surface area contributed by atoms with Crippen molar-refractivity contribution in [1.29, 1.82) is 0 Å². The highest BCUT2D eigenvalue weighted by Gasteiger charge is 2.24. The van der Waals surface area contributed by atoms with Crippen LogP contribution in [0, 0.1) is 13.8 Å². The normalized spacial score (nSPS) is 17.5. The second-order valence-corrected chi connectivity index (χ2v) is 6.04. The Labute approximate surface area is 142 Å². The summed E-state index contributed by atoms with van der Waals surface area (Å²) in [6.07, 6.45) is 3.93. The molecule has 7 heteroatoms. The van der Waals surface area contributed by atoms with Crippen LogP contribution in [0.15, 0.2) is 23.3 Å². The van der Waals surface area contributed by atoms with E-state index in [1.807, 2.05) is 23.9 Å². The van der Waals surface area contributed by atoms with Gasteiger partial charge in [-0.2, -0.15) is 5.10 Å². The quantitative estimate of drug-likeness (QED) is 0.662. The molecule has 1 atom stereocenters. The van der Waals surface area contributed by atoms with Crippen LogP contribution < -0.4 is 10.6 Å². The van der Waals surface area contributed by atoms with Crippen molar-refractivity contribution in [3.63, 3.8) is 0 Å². The maximum atomic E-state index is 4.69. The van der Waals surface area contributed by atoms with Gasteiger partial charge in [0.1, 0.15) is 11.6 Å². The van der Waals surface area contributed by atoms with E-state index in [0.717, 1.165) is 54.8 Å². The Morgan fingerprint density at radius 2 is 2.29 bits per heavy atom. The Morgan fingerprint density at radius 3 is 3.08 bits per heavy atom. The van der Waals surface area contributed by atoms with Crippen LogP contribution >= 0.6 is 0 Å². The van der Waals surface area contributed by atoms with E-state index in [0.29, 0.717) is 6.54 Å². The van der Waals surface area contributed by atoms with Crippen LogP contribution in [0.4, 0.5) is 0 Å². The lowest BCUT2D eigenvalue weighted by atomic mass is 10.1. The smallest absolute Gasteiger partial charge is 0.192 e. The summed E-state index contributed by atoms with van der Waals surface area (Å²) in [5.74, 6) is 2.62. The van der Waals surface area contributed by atoms with Crippen LogP contribution in [0.25, 0.3) is 0 Å². The zero-order chi connectivity index (χ0) is 16.9. The molecule has 0 saturated carbocycles. The maximum absolute atomic E-state index is 4.69. The fraction of sp³-hybridized carbons (Fsp3) is 0.529. The third kappa shape index (κ3) is 3.72. The molecule has 0 bridgehead atoms. The molecule has 128 valence electrons. The van der Waals surface area contributed by atoms with Crippen LogP contribution in [0.2, 0.25) is 0 Å². The summed E-state index contributed by atoms with van der Waals surface area (Å²) in [7, 11) is 0. The first-order valence-electron chi connectivity index (χ1n) is 8.54. The number of guanidine groups is 1. The van der Waals surface area contributed by atoms with Gasteiger partial charge < -0.3 is 10.6 Å². The number of aryl methyl sites for hydroxylation is 3. The van der Waals surface area contributed by atoms with E-state index in [9.17, 15) is 0 Å². The van der Waals surface area contributed by atoms with Gasteiger partial charge in [0, 0.05) is 19.3 Å². The summed E-state index contributed by atoms with van der Waals surface area (Å²) in [5.41, 5.74) is 2.16. The van der Waals surface area contributed by atoms with Gasteiger partial charge in [0.05, 0.1) is 18.3 Å². The van der Waals surface area contributed by atoms with Gasteiger partial charge in [0.15, 0.2) is 5.96 Å². The number of fused-ring (bicyclic) bond motifs is 1. The molecule has 0 aliphatic carbocycles. The van der Waals surface area contributed by atoms with E-state index in [2.05, 4.69) is 45.6 Å². The molecule has 0 spiro atoms. The second kappa shape index (κ2) is 7.42. The highest BCUT2D eigenvalue weighted by atomic mass is 15.4. The number of nitrogens with zero attached hydrogens (tertiary/aromatic N) is 5. The highest BCUT2D eigenvalue weighted by Crippen LogP contribution is 2.22. The Bertz CT molecular complexity index is 719. The molecule has 0 aromatic carbocycles. The van der Waals surface area contributed by atoms with Gasteiger partial charge in [-0.05, 0) is 45.2 Å². The Hall–Kier alpha value is -2.44. The van der Waals surface area contributed by atoms with Gasteiger partial charge in [0.25, 0.3) is 0 Å². The molecule has 1 unspecified atom stereocenters. The number of hydrogen-bond donors (Lipinski definition) is 2. The van der Waals surface area contributed by atoms with Gasteiger partial charge in [0.2, 0.25) is 0 Å². The number of pyridine rings is 1. The minimum absolute atomic E-state index is 0.141. The van der Waals surface area contributed by atoms with Gasteiger partial charge in [-0.25, -0.2) is 14.7 Å². The third-order valence-corrected chi connectivity index (χ3v) is 4.14. The number of aromatic nitrogens is 4. The van der Waals surface area contributed by atoms with E-state index in [4.69, 9.17) is 4.99 Å². The second-order valence-electron chi connectivity index (χ2n) is 6.04. The van der Waals surface area contributed by atoms with Crippen LogP contribution in [-0.2, 0) is 13.1 Å². The topological polar surface area (TPSA) is 80.0 Å². The van der Waals surface area contributed by atoms with Crippen molar-refractivity contribution in [2.45, 2.75) is 52.7 Å². The Kier molecular flexibility index (Phi) is 5.08. The first kappa shape index (κ1) is 16.4. The van der Waals surface area contributed by atoms with E-state index in [1.54, 1.807) is 0 Å². The van der Waals surface area contributed by atoms with Crippen LogP contribution in [0.5, 0.6) is 0 Å². The summed E-state index contributed by atoms with van der Waals surface area (Å²) < 4.78 is 2.00. The minimum Gasteiger partial charge on any atom is -0.357 e. The molecule has 2 aromatic rings. The summed E-state index contributed by atoms with van der Waals surface area (Å²) >= 11 is 0. The molecule has 2 N–H and O–H groups in total. The van der Waals surface area contributed by atoms with Crippen LogP contribution in [0.1, 0.15) is 48.7 Å². The molecule has 1 aliphatic heterocycles. The van der Waals surface area contributed by atoms with Crippen molar-refractivity contribution in [1.82, 2.24) is 30.4 Å². The molecule has 3 heterocycles. The maximum Gasteiger partial charge on any atom is 0.192 e. The van der Waals surface area contributed by atoms with Crippen molar-refractivity contribution >= 4 is 5.96 Å². The van der Waals surface area contributed by atoms with E-state index in [-0.39, 0.29) is 6.04 Å². The van der Waals surface area contributed by atoms with Crippen molar-refractivity contribution in [2.75, 3.05) is 6.54 Å². The third-order valence-electron chi connectivity index (χ3n) is 4.14. The summed E-state index contributed by atoms with van der Waals surface area (Å²) in [6.45, 7) is 8.37. The Balaban J connectivity index is 1.75. The lowest BCUT2D eigenvalue weighted by Crippen LogP contribution is -2.41. The molecule has 3 rings (SSSR count). The highest BCUT2D eigenvalue weighted by molar-refractivity contribution is 5.80. The molecular formula is C17H25N7. The average Bonchev–Trinajstić information content (AvgIpc) is 2.95. The summed E-state index contributed by atoms with van der Waals surface area (Å²) in [4.78, 5) is 13.7. The van der Waals surface area contributed by atoms with Crippen LogP contribution in [0.3, 0.4) is 0 Å². The largest absolute Gasteiger partial charge is 0.357 e. The van der Waals surface area contributed by atoms with E-state index < -0.39 is 0 Å². The molecule has 0 fully saturated rings. The number of nitrogens with one attached hydrogen (secondary N) is 2. The van der Waals surface area contributed by atoms with E-state index in [1.165, 1.54) is 0 Å². The van der Waals surface area contributed by atoms with Gasteiger partial charge in [-0.3, -0.25) is 4.98 Å². The molecule has 0 saturated heterocycles. The summed E-state index contributed by atoms with van der Waals surface area (Å²) in [6, 6.07) is 4.15. The lowest BCUT2D eigenvalue weighted by molar-refractivity contribution is 0.397. The van der Waals surface area contributed by atoms with E-state index >= 15 is 0 Å². The first-order chi connectivity index (χ1) is 11.7. The standard InChI is InChI=1S/C17H25N7/c1-4-18-17(20-11-15-12(2)7-5-9-19-15)22-14-8-6-10-24-16(14)21-13(3)23-24/h5,7,9,14H,4,6,8,10-11H2,1-3H3,(H2,18,20,22). The van der Waals surface area contributed by atoms with Gasteiger partial charge >= 0.3 is 0 Å². The summed E-state index contributed by atoms with van der Waals surface area (Å²) in [5, 5.41) is 11.3. The lowest BCUT2D eigenvalue weighted by Gasteiger charge is -2.25. The van der Waals surface area contributed by atoms with Crippen LogP contribution in [-0.4, -0.2) is 32.3 Å². The minimum atomic E-state index is 0.141. The number of hydrogen-bond acceptors (Lipinski definition) is 4. The molecule has 7 nitrogen and oxygen atoms in total. The molecule has 1 aliphatic rings. The number of aliphatic imine (C=N–C) groups is 1. The van der Waals surface area contributed by atoms with Gasteiger partial charge in [-0.15, -0.1) is 0 Å². The predicted molar refractivity (Wildman–Crippen MR) is 93.7 cm³/mol. The first-order valence-corrected chi connectivity index (χ1v) is 8.54. The fourth-order valence-electron chi connectivity index (χ4n) is 2.93. The molecule has 2 aromatic heterocycles. The molecule has 24 heavy (non-hydrogen) atoms. The Morgan fingerprint density at radius 1 is 1.42 bits per heavy atom.